The van der Waals surface area contributed by atoms with Gasteiger partial charge in [-0.15, -0.1) is 0 Å². The van der Waals surface area contributed by atoms with Gasteiger partial charge in [0.1, 0.15) is 5.75 Å². The van der Waals surface area contributed by atoms with Crippen LogP contribution in [0.25, 0.3) is 0 Å². The van der Waals surface area contributed by atoms with Crippen LogP contribution in [-0.4, -0.2) is 25.2 Å². The highest BCUT2D eigenvalue weighted by molar-refractivity contribution is 5.99. The van der Waals surface area contributed by atoms with Gasteiger partial charge in [-0.05, 0) is 44.4 Å². The molecule has 25 heavy (non-hydrogen) atoms. The molecule has 1 aliphatic rings. The second kappa shape index (κ2) is 7.70. The van der Waals surface area contributed by atoms with E-state index in [4.69, 9.17) is 9.47 Å². The number of anilines is 1. The molecule has 0 unspecified atom stereocenters. The number of ether oxygens (including phenoxy) is 2. The van der Waals surface area contributed by atoms with Crippen molar-refractivity contribution in [2.45, 2.75) is 38.2 Å². The Labute approximate surface area is 149 Å². The number of hydrogen-bond donors (Lipinski definition) is 1. The molecule has 1 heterocycles. The third-order valence-corrected chi connectivity index (χ3v) is 4.57. The molecule has 3 rings (SSSR count). The molecule has 0 aromatic heterocycles. The fraction of sp³-hybridized carbons (Fsp3) is 0.381. The number of carbonyl (C=O) groups excluding carboxylic acids is 1. The third-order valence-electron chi connectivity index (χ3n) is 4.57. The van der Waals surface area contributed by atoms with Gasteiger partial charge >= 0.3 is 0 Å². The lowest BCUT2D eigenvalue weighted by molar-refractivity contribution is -0.125. The summed E-state index contributed by atoms with van der Waals surface area (Å²) in [6, 6.07) is 17.6. The largest absolute Gasteiger partial charge is 0.491 e. The summed E-state index contributed by atoms with van der Waals surface area (Å²) in [5, 5.41) is 3.09. The summed E-state index contributed by atoms with van der Waals surface area (Å²) in [4.78, 5) is 13.2. The maximum Gasteiger partial charge on any atom is 0.235 e. The molecule has 1 amide bonds. The van der Waals surface area contributed by atoms with Gasteiger partial charge in [-0.1, -0.05) is 36.4 Å². The molecule has 0 atom stereocenters. The Morgan fingerprint density at radius 3 is 2.48 bits per heavy atom. The zero-order valence-corrected chi connectivity index (χ0v) is 14.8. The minimum atomic E-state index is -0.547. The number of carbonyl (C=O) groups is 1. The van der Waals surface area contributed by atoms with Crippen molar-refractivity contribution in [3.63, 3.8) is 0 Å². The van der Waals surface area contributed by atoms with Gasteiger partial charge in [0.25, 0.3) is 0 Å². The molecule has 1 saturated heterocycles. The van der Waals surface area contributed by atoms with Crippen molar-refractivity contribution in [2.24, 2.45) is 0 Å². The van der Waals surface area contributed by atoms with Crippen LogP contribution in [0, 0.1) is 0 Å². The second-order valence-corrected chi connectivity index (χ2v) is 6.71. The summed E-state index contributed by atoms with van der Waals surface area (Å²) >= 11 is 0. The molecule has 2 aromatic rings. The fourth-order valence-corrected chi connectivity index (χ4v) is 3.29. The highest BCUT2D eigenvalue weighted by atomic mass is 16.5. The van der Waals surface area contributed by atoms with Crippen molar-refractivity contribution in [1.82, 2.24) is 0 Å². The zero-order valence-electron chi connectivity index (χ0n) is 14.8. The van der Waals surface area contributed by atoms with E-state index in [1.54, 1.807) is 0 Å². The van der Waals surface area contributed by atoms with Crippen molar-refractivity contribution in [3.05, 3.63) is 60.2 Å². The first-order valence-electron chi connectivity index (χ1n) is 8.82. The minimum absolute atomic E-state index is 0.0173. The predicted molar refractivity (Wildman–Crippen MR) is 99.0 cm³/mol. The van der Waals surface area contributed by atoms with Crippen LogP contribution in [0.2, 0.25) is 0 Å². The molecule has 4 nitrogen and oxygen atoms in total. The Morgan fingerprint density at radius 1 is 1.08 bits per heavy atom. The summed E-state index contributed by atoms with van der Waals surface area (Å²) in [7, 11) is 0. The van der Waals surface area contributed by atoms with Crippen molar-refractivity contribution in [1.29, 1.82) is 0 Å². The van der Waals surface area contributed by atoms with E-state index in [0.717, 1.165) is 17.0 Å². The van der Waals surface area contributed by atoms with Crippen molar-refractivity contribution in [3.8, 4) is 5.75 Å². The summed E-state index contributed by atoms with van der Waals surface area (Å²) in [6.07, 6.45) is 1.47. The van der Waals surface area contributed by atoms with Crippen LogP contribution in [0.1, 0.15) is 32.3 Å². The van der Waals surface area contributed by atoms with Crippen molar-refractivity contribution < 1.29 is 14.3 Å². The Bertz CT molecular complexity index is 706. The van der Waals surface area contributed by atoms with E-state index in [9.17, 15) is 4.79 Å². The average molecular weight is 339 g/mol. The SMILES string of the molecule is CC(C)Oc1cccc(NC(=O)C2(c3ccccc3)CCOCC2)c1. The maximum atomic E-state index is 13.2. The van der Waals surface area contributed by atoms with E-state index in [1.807, 2.05) is 68.4 Å². The molecule has 1 N–H and O–H groups in total. The molecular formula is C21H25NO3. The lowest BCUT2D eigenvalue weighted by Crippen LogP contribution is -2.44. The van der Waals surface area contributed by atoms with Crippen molar-refractivity contribution in [2.75, 3.05) is 18.5 Å². The molecule has 0 saturated carbocycles. The summed E-state index contributed by atoms with van der Waals surface area (Å²) < 4.78 is 11.2. The van der Waals surface area contributed by atoms with Crippen LogP contribution in [0.15, 0.2) is 54.6 Å². The summed E-state index contributed by atoms with van der Waals surface area (Å²) in [5.41, 5.74) is 1.25. The average Bonchev–Trinajstić information content (AvgIpc) is 2.63. The monoisotopic (exact) mass is 339 g/mol. The minimum Gasteiger partial charge on any atom is -0.491 e. The zero-order chi connectivity index (χ0) is 17.7. The first kappa shape index (κ1) is 17.5. The summed E-state index contributed by atoms with van der Waals surface area (Å²) in [5.74, 6) is 0.775. The third kappa shape index (κ3) is 4.02. The second-order valence-electron chi connectivity index (χ2n) is 6.71. The molecule has 0 radical (unpaired) electrons. The Hall–Kier alpha value is -2.33. The maximum absolute atomic E-state index is 13.2. The van der Waals surface area contributed by atoms with Gasteiger partial charge in [-0.2, -0.15) is 0 Å². The number of benzene rings is 2. The topological polar surface area (TPSA) is 47.6 Å². The number of hydrogen-bond acceptors (Lipinski definition) is 3. The van der Waals surface area contributed by atoms with Crippen LogP contribution < -0.4 is 10.1 Å². The molecular weight excluding hydrogens is 314 g/mol. The van der Waals surface area contributed by atoms with Gasteiger partial charge in [-0.3, -0.25) is 4.79 Å². The van der Waals surface area contributed by atoms with Crippen LogP contribution in [0.3, 0.4) is 0 Å². The Morgan fingerprint density at radius 2 is 1.80 bits per heavy atom. The van der Waals surface area contributed by atoms with E-state index in [1.165, 1.54) is 0 Å². The predicted octanol–water partition coefficient (Wildman–Crippen LogP) is 4.16. The Kier molecular flexibility index (Phi) is 5.39. The number of rotatable bonds is 5. The lowest BCUT2D eigenvalue weighted by atomic mass is 9.73. The molecule has 4 heteroatoms. The highest BCUT2D eigenvalue weighted by Crippen LogP contribution is 2.36. The number of nitrogens with one attached hydrogen (secondary N) is 1. The molecule has 132 valence electrons. The van der Waals surface area contributed by atoms with Gasteiger partial charge in [0, 0.05) is 25.0 Å². The molecule has 2 aromatic carbocycles. The van der Waals surface area contributed by atoms with Gasteiger partial charge in [0.2, 0.25) is 5.91 Å². The fourth-order valence-electron chi connectivity index (χ4n) is 3.29. The Balaban J connectivity index is 1.84. The van der Waals surface area contributed by atoms with Gasteiger partial charge in [0.15, 0.2) is 0 Å². The molecule has 0 bridgehead atoms. The first-order chi connectivity index (χ1) is 12.1. The molecule has 0 aliphatic carbocycles. The van der Waals surface area contributed by atoms with Gasteiger partial charge in [0.05, 0.1) is 11.5 Å². The van der Waals surface area contributed by atoms with E-state index in [0.29, 0.717) is 26.1 Å². The summed E-state index contributed by atoms with van der Waals surface area (Å²) in [6.45, 7) is 5.16. The van der Waals surface area contributed by atoms with Crippen LogP contribution >= 0.6 is 0 Å². The van der Waals surface area contributed by atoms with Crippen LogP contribution in [0.5, 0.6) is 5.75 Å². The first-order valence-corrected chi connectivity index (χ1v) is 8.82. The molecule has 1 fully saturated rings. The molecule has 1 aliphatic heterocycles. The highest BCUT2D eigenvalue weighted by Gasteiger charge is 2.41. The number of amides is 1. The van der Waals surface area contributed by atoms with E-state index in [2.05, 4.69) is 5.32 Å². The van der Waals surface area contributed by atoms with Crippen molar-refractivity contribution >= 4 is 11.6 Å². The van der Waals surface area contributed by atoms with Crippen LogP contribution in [-0.2, 0) is 14.9 Å². The van der Waals surface area contributed by atoms with E-state index in [-0.39, 0.29) is 12.0 Å². The van der Waals surface area contributed by atoms with Crippen LogP contribution in [0.4, 0.5) is 5.69 Å². The van der Waals surface area contributed by atoms with E-state index < -0.39 is 5.41 Å². The molecule has 0 spiro atoms. The smallest absolute Gasteiger partial charge is 0.235 e. The van der Waals surface area contributed by atoms with Gasteiger partial charge in [-0.25, -0.2) is 0 Å². The van der Waals surface area contributed by atoms with Gasteiger partial charge < -0.3 is 14.8 Å². The van der Waals surface area contributed by atoms with E-state index >= 15 is 0 Å². The lowest BCUT2D eigenvalue weighted by Gasteiger charge is -2.36. The normalized spacial score (nSPS) is 16.4. The quantitative estimate of drug-likeness (QED) is 0.890. The standard InChI is InChI=1S/C21H25NO3/c1-16(2)25-19-10-6-9-18(15-19)22-20(23)21(11-13-24-14-12-21)17-7-4-3-5-8-17/h3-10,15-16H,11-14H2,1-2H3,(H,22,23).